The van der Waals surface area contributed by atoms with E-state index < -0.39 is 5.66 Å². The second-order valence-corrected chi connectivity index (χ2v) is 7.59. The summed E-state index contributed by atoms with van der Waals surface area (Å²) in [5, 5.41) is 3.60. The summed E-state index contributed by atoms with van der Waals surface area (Å²) in [6.07, 6.45) is 3.45. The number of unbranched alkanes of at least 4 members (excludes halogenated alkanes) is 2. The first-order valence-electron chi connectivity index (χ1n) is 9.91. The van der Waals surface area contributed by atoms with Crippen molar-refractivity contribution in [2.75, 3.05) is 11.9 Å². The summed E-state index contributed by atoms with van der Waals surface area (Å²) < 4.78 is 5.83. The monoisotopic (exact) mass is 366 g/mol. The molecule has 2 aromatic carbocycles. The molecule has 0 spiro atoms. The smallest absolute Gasteiger partial charge is 0.258 e. The topological polar surface area (TPSA) is 41.6 Å². The zero-order valence-corrected chi connectivity index (χ0v) is 16.8. The van der Waals surface area contributed by atoms with Gasteiger partial charge in [-0.05, 0) is 57.0 Å². The van der Waals surface area contributed by atoms with Crippen LogP contribution in [0.25, 0.3) is 0 Å². The van der Waals surface area contributed by atoms with Gasteiger partial charge >= 0.3 is 0 Å². The first kappa shape index (κ1) is 19.3. The summed E-state index contributed by atoms with van der Waals surface area (Å²) in [5.41, 5.74) is 2.03. The largest absolute Gasteiger partial charge is 0.494 e. The van der Waals surface area contributed by atoms with Gasteiger partial charge in [0.15, 0.2) is 0 Å². The molecule has 1 unspecified atom stereocenters. The van der Waals surface area contributed by atoms with Crippen LogP contribution in [0.4, 0.5) is 5.69 Å². The quantitative estimate of drug-likeness (QED) is 0.667. The van der Waals surface area contributed by atoms with Crippen LogP contribution in [-0.4, -0.2) is 23.5 Å². The first-order valence-corrected chi connectivity index (χ1v) is 9.91. The van der Waals surface area contributed by atoms with Gasteiger partial charge in [0, 0.05) is 11.7 Å². The summed E-state index contributed by atoms with van der Waals surface area (Å²) in [6, 6.07) is 15.9. The molecule has 1 heterocycles. The minimum absolute atomic E-state index is 0.0572. The highest BCUT2D eigenvalue weighted by molar-refractivity contribution is 6.02. The lowest BCUT2D eigenvalue weighted by atomic mass is 9.92. The summed E-state index contributed by atoms with van der Waals surface area (Å²) in [7, 11) is 0. The molecule has 0 saturated carbocycles. The van der Waals surface area contributed by atoms with Gasteiger partial charge < -0.3 is 15.0 Å². The van der Waals surface area contributed by atoms with E-state index in [2.05, 4.69) is 45.1 Å². The molecule has 4 heteroatoms. The molecule has 0 fully saturated rings. The van der Waals surface area contributed by atoms with Crippen LogP contribution in [0.15, 0.2) is 48.5 Å². The van der Waals surface area contributed by atoms with E-state index in [0.717, 1.165) is 35.6 Å². The van der Waals surface area contributed by atoms with E-state index in [1.807, 2.05) is 41.3 Å². The molecular formula is C23H30N2O2. The molecule has 1 N–H and O–H groups in total. The van der Waals surface area contributed by atoms with Crippen molar-refractivity contribution in [3.63, 3.8) is 0 Å². The molecule has 4 nitrogen and oxygen atoms in total. The Labute approximate surface area is 162 Å². The summed E-state index contributed by atoms with van der Waals surface area (Å²) >= 11 is 0. The average Bonchev–Trinajstić information content (AvgIpc) is 2.65. The average molecular weight is 367 g/mol. The van der Waals surface area contributed by atoms with Crippen LogP contribution in [0.3, 0.4) is 0 Å². The molecule has 0 radical (unpaired) electrons. The first-order chi connectivity index (χ1) is 13.0. The minimum atomic E-state index is -0.611. The number of hydrogen-bond acceptors (Lipinski definition) is 3. The molecule has 1 amide bonds. The molecule has 2 aromatic rings. The number of amides is 1. The lowest BCUT2D eigenvalue weighted by Crippen LogP contribution is -2.58. The maximum Gasteiger partial charge on any atom is 0.258 e. The van der Waals surface area contributed by atoms with Crippen molar-refractivity contribution < 1.29 is 9.53 Å². The predicted octanol–water partition coefficient (Wildman–Crippen LogP) is 5.40. The summed E-state index contributed by atoms with van der Waals surface area (Å²) in [6.45, 7) is 9.10. The number of fused-ring (bicyclic) bond motifs is 1. The zero-order chi connectivity index (χ0) is 19.4. The third-order valence-corrected chi connectivity index (χ3v) is 5.19. The van der Waals surface area contributed by atoms with Crippen molar-refractivity contribution in [2.45, 2.75) is 58.7 Å². The lowest BCUT2D eigenvalue weighted by molar-refractivity contribution is 0.0433. The molecule has 144 valence electrons. The SMILES string of the molecule is CCCCCOc1ccc(C2(C)Nc3ccccc3C(=O)N2C(C)C)cc1. The van der Waals surface area contributed by atoms with Gasteiger partial charge in [-0.3, -0.25) is 4.79 Å². The number of para-hydroxylation sites is 1. The fourth-order valence-corrected chi connectivity index (χ4v) is 3.81. The molecule has 1 aliphatic rings. The van der Waals surface area contributed by atoms with Gasteiger partial charge in [0.25, 0.3) is 5.91 Å². The second-order valence-electron chi connectivity index (χ2n) is 7.59. The molecule has 0 saturated heterocycles. The number of carbonyl (C=O) groups excluding carboxylic acids is 1. The van der Waals surface area contributed by atoms with Crippen LogP contribution < -0.4 is 10.1 Å². The number of benzene rings is 2. The van der Waals surface area contributed by atoms with Gasteiger partial charge in [0.1, 0.15) is 11.4 Å². The maximum absolute atomic E-state index is 13.2. The highest BCUT2D eigenvalue weighted by Gasteiger charge is 2.43. The fourth-order valence-electron chi connectivity index (χ4n) is 3.81. The number of rotatable bonds is 7. The van der Waals surface area contributed by atoms with Gasteiger partial charge in [-0.1, -0.05) is 44.0 Å². The number of anilines is 1. The Morgan fingerprint density at radius 1 is 1.07 bits per heavy atom. The van der Waals surface area contributed by atoms with E-state index >= 15 is 0 Å². The Morgan fingerprint density at radius 3 is 2.44 bits per heavy atom. The molecule has 0 aliphatic carbocycles. The van der Waals surface area contributed by atoms with Gasteiger partial charge in [-0.25, -0.2) is 0 Å². The van der Waals surface area contributed by atoms with E-state index in [-0.39, 0.29) is 11.9 Å². The van der Waals surface area contributed by atoms with E-state index in [9.17, 15) is 4.79 Å². The van der Waals surface area contributed by atoms with Crippen molar-refractivity contribution in [1.29, 1.82) is 0 Å². The fraction of sp³-hybridized carbons (Fsp3) is 0.435. The molecular weight excluding hydrogens is 336 g/mol. The van der Waals surface area contributed by atoms with Crippen molar-refractivity contribution >= 4 is 11.6 Å². The molecule has 27 heavy (non-hydrogen) atoms. The highest BCUT2D eigenvalue weighted by Crippen LogP contribution is 2.39. The number of hydrogen-bond donors (Lipinski definition) is 1. The van der Waals surface area contributed by atoms with Crippen LogP contribution in [0.1, 0.15) is 62.9 Å². The van der Waals surface area contributed by atoms with Crippen molar-refractivity contribution in [1.82, 2.24) is 4.90 Å². The lowest BCUT2D eigenvalue weighted by Gasteiger charge is -2.48. The highest BCUT2D eigenvalue weighted by atomic mass is 16.5. The minimum Gasteiger partial charge on any atom is -0.494 e. The van der Waals surface area contributed by atoms with Crippen molar-refractivity contribution in [3.05, 3.63) is 59.7 Å². The van der Waals surface area contributed by atoms with Crippen molar-refractivity contribution in [3.8, 4) is 5.75 Å². The Hall–Kier alpha value is -2.49. The number of carbonyl (C=O) groups is 1. The zero-order valence-electron chi connectivity index (χ0n) is 16.8. The van der Waals surface area contributed by atoms with E-state index in [4.69, 9.17) is 4.74 Å². The van der Waals surface area contributed by atoms with Gasteiger partial charge in [0.2, 0.25) is 0 Å². The molecule has 0 bridgehead atoms. The third kappa shape index (κ3) is 3.80. The van der Waals surface area contributed by atoms with Gasteiger partial charge in [0.05, 0.1) is 12.2 Å². The maximum atomic E-state index is 13.2. The third-order valence-electron chi connectivity index (χ3n) is 5.19. The van der Waals surface area contributed by atoms with E-state index in [0.29, 0.717) is 0 Å². The Balaban J connectivity index is 1.88. The van der Waals surface area contributed by atoms with Crippen LogP contribution in [-0.2, 0) is 5.66 Å². The molecule has 3 rings (SSSR count). The van der Waals surface area contributed by atoms with E-state index in [1.54, 1.807) is 0 Å². The van der Waals surface area contributed by atoms with E-state index in [1.165, 1.54) is 12.8 Å². The Kier molecular flexibility index (Phi) is 5.73. The van der Waals surface area contributed by atoms with Crippen LogP contribution in [0.2, 0.25) is 0 Å². The number of nitrogens with zero attached hydrogens (tertiary/aromatic N) is 1. The molecule has 1 atom stereocenters. The normalized spacial score (nSPS) is 19.0. The van der Waals surface area contributed by atoms with Gasteiger partial charge in [-0.15, -0.1) is 0 Å². The predicted molar refractivity (Wildman–Crippen MR) is 110 cm³/mol. The second kappa shape index (κ2) is 8.03. The standard InChI is InChI=1S/C23H30N2O2/c1-5-6-9-16-27-19-14-12-18(13-15-19)23(4)24-21-11-8-7-10-20(21)22(26)25(23)17(2)3/h7-8,10-15,17,24H,5-6,9,16H2,1-4H3. The number of ether oxygens (including phenoxy) is 1. The number of nitrogens with one attached hydrogen (secondary N) is 1. The van der Waals surface area contributed by atoms with Gasteiger partial charge in [-0.2, -0.15) is 0 Å². The Morgan fingerprint density at radius 2 is 1.78 bits per heavy atom. The summed E-state index contributed by atoms with van der Waals surface area (Å²) in [4.78, 5) is 15.1. The summed E-state index contributed by atoms with van der Waals surface area (Å²) in [5.74, 6) is 0.929. The van der Waals surface area contributed by atoms with Crippen molar-refractivity contribution in [2.24, 2.45) is 0 Å². The van der Waals surface area contributed by atoms with Crippen LogP contribution in [0.5, 0.6) is 5.75 Å². The molecule has 0 aromatic heterocycles. The van der Waals surface area contributed by atoms with Crippen LogP contribution in [0, 0.1) is 0 Å². The van der Waals surface area contributed by atoms with Crippen LogP contribution >= 0.6 is 0 Å². The molecule has 1 aliphatic heterocycles. The Bertz CT molecular complexity index is 785.